The van der Waals surface area contributed by atoms with Gasteiger partial charge in [0.2, 0.25) is 0 Å². The largest absolute Gasteiger partial charge is 0.394 e. The zero-order valence-corrected chi connectivity index (χ0v) is 10.5. The molecule has 0 spiro atoms. The first-order valence-electron chi connectivity index (χ1n) is 5.86. The van der Waals surface area contributed by atoms with E-state index in [1.54, 1.807) is 0 Å². The van der Waals surface area contributed by atoms with Crippen LogP contribution in [-0.4, -0.2) is 37.9 Å². The van der Waals surface area contributed by atoms with Crippen molar-refractivity contribution in [3.05, 3.63) is 35.5 Å². The van der Waals surface area contributed by atoms with Crippen LogP contribution in [0, 0.1) is 18.3 Å². The molecule has 0 fully saturated rings. The van der Waals surface area contributed by atoms with Gasteiger partial charge in [0, 0.05) is 5.56 Å². The highest BCUT2D eigenvalue weighted by Gasteiger charge is 2.18. The third-order valence-electron chi connectivity index (χ3n) is 2.84. The summed E-state index contributed by atoms with van der Waals surface area (Å²) < 4.78 is 1.45. The van der Waals surface area contributed by atoms with Crippen LogP contribution in [0.5, 0.6) is 0 Å². The van der Waals surface area contributed by atoms with E-state index < -0.39 is 6.10 Å². The lowest BCUT2D eigenvalue weighted by molar-refractivity contribution is 0.0782. The summed E-state index contributed by atoms with van der Waals surface area (Å²) in [5.74, 6) is 0. The standard InChI is InChI=1S/C13H14N4O2/c1-9-4-2-3-5-11(9)13-12(6-14)15-16-17(13)7-10(19)8-18/h2-5,10,18-19H,7-8H2,1H3. The van der Waals surface area contributed by atoms with Crippen molar-refractivity contribution in [2.45, 2.75) is 19.6 Å². The van der Waals surface area contributed by atoms with Crippen LogP contribution in [-0.2, 0) is 6.54 Å². The van der Waals surface area contributed by atoms with E-state index in [1.165, 1.54) is 4.68 Å². The van der Waals surface area contributed by atoms with Gasteiger partial charge in [0.05, 0.1) is 19.3 Å². The first kappa shape index (κ1) is 13.2. The smallest absolute Gasteiger partial charge is 0.190 e. The van der Waals surface area contributed by atoms with E-state index in [4.69, 9.17) is 10.4 Å². The average Bonchev–Trinajstić information content (AvgIpc) is 2.82. The van der Waals surface area contributed by atoms with Crippen molar-refractivity contribution in [1.82, 2.24) is 15.0 Å². The van der Waals surface area contributed by atoms with Crippen LogP contribution in [0.15, 0.2) is 24.3 Å². The molecule has 6 nitrogen and oxygen atoms in total. The minimum Gasteiger partial charge on any atom is -0.394 e. The molecule has 1 unspecified atom stereocenters. The molecular formula is C13H14N4O2. The Balaban J connectivity index is 2.52. The third-order valence-corrected chi connectivity index (χ3v) is 2.84. The Labute approximate surface area is 110 Å². The number of aliphatic hydroxyl groups is 2. The second-order valence-corrected chi connectivity index (χ2v) is 4.23. The van der Waals surface area contributed by atoms with E-state index >= 15 is 0 Å². The molecule has 6 heteroatoms. The van der Waals surface area contributed by atoms with Crippen LogP contribution in [0.3, 0.4) is 0 Å². The van der Waals surface area contributed by atoms with E-state index in [0.717, 1.165) is 11.1 Å². The Kier molecular flexibility index (Phi) is 3.90. The predicted molar refractivity (Wildman–Crippen MR) is 68.0 cm³/mol. The second-order valence-electron chi connectivity index (χ2n) is 4.23. The quantitative estimate of drug-likeness (QED) is 0.831. The number of aryl methyl sites for hydroxylation is 1. The monoisotopic (exact) mass is 258 g/mol. The predicted octanol–water partition coefficient (Wildman–Crippen LogP) is 0.478. The molecule has 0 aliphatic carbocycles. The van der Waals surface area contributed by atoms with E-state index in [-0.39, 0.29) is 18.8 Å². The van der Waals surface area contributed by atoms with Crippen molar-refractivity contribution in [3.8, 4) is 17.3 Å². The Morgan fingerprint density at radius 3 is 2.79 bits per heavy atom. The van der Waals surface area contributed by atoms with E-state index in [1.807, 2.05) is 37.3 Å². The molecule has 0 radical (unpaired) electrons. The van der Waals surface area contributed by atoms with Crippen molar-refractivity contribution in [3.63, 3.8) is 0 Å². The average molecular weight is 258 g/mol. The number of benzene rings is 1. The van der Waals surface area contributed by atoms with Gasteiger partial charge in [-0.15, -0.1) is 5.10 Å². The van der Waals surface area contributed by atoms with Crippen molar-refractivity contribution in [1.29, 1.82) is 5.26 Å². The molecule has 2 aromatic rings. The number of aliphatic hydroxyl groups excluding tert-OH is 2. The zero-order chi connectivity index (χ0) is 13.8. The molecule has 0 amide bonds. The molecule has 1 heterocycles. The zero-order valence-electron chi connectivity index (χ0n) is 10.5. The van der Waals surface area contributed by atoms with Crippen molar-refractivity contribution < 1.29 is 10.2 Å². The highest BCUT2D eigenvalue weighted by molar-refractivity contribution is 5.68. The molecule has 0 aliphatic rings. The topological polar surface area (TPSA) is 95.0 Å². The van der Waals surface area contributed by atoms with Crippen molar-refractivity contribution in [2.75, 3.05) is 6.61 Å². The minimum atomic E-state index is -0.934. The van der Waals surface area contributed by atoms with Crippen LogP contribution in [0.4, 0.5) is 0 Å². The lowest BCUT2D eigenvalue weighted by Crippen LogP contribution is -2.21. The summed E-state index contributed by atoms with van der Waals surface area (Å²) >= 11 is 0. The molecule has 98 valence electrons. The fourth-order valence-electron chi connectivity index (χ4n) is 1.88. The number of hydrogen-bond donors (Lipinski definition) is 2. The molecule has 0 saturated heterocycles. The number of rotatable bonds is 4. The van der Waals surface area contributed by atoms with Crippen LogP contribution in [0.25, 0.3) is 11.3 Å². The first-order valence-corrected chi connectivity index (χ1v) is 5.86. The molecule has 2 rings (SSSR count). The Hall–Kier alpha value is -2.23. The lowest BCUT2D eigenvalue weighted by atomic mass is 10.0. The summed E-state index contributed by atoms with van der Waals surface area (Å²) in [7, 11) is 0. The van der Waals surface area contributed by atoms with E-state index in [9.17, 15) is 5.11 Å². The van der Waals surface area contributed by atoms with E-state index in [2.05, 4.69) is 10.3 Å². The normalized spacial score (nSPS) is 12.1. The van der Waals surface area contributed by atoms with Gasteiger partial charge in [0.1, 0.15) is 11.8 Å². The summed E-state index contributed by atoms with van der Waals surface area (Å²) in [6.45, 7) is 1.65. The third kappa shape index (κ3) is 2.62. The highest BCUT2D eigenvalue weighted by atomic mass is 16.3. The molecule has 1 aromatic carbocycles. The molecule has 1 aromatic heterocycles. The fraction of sp³-hybridized carbons (Fsp3) is 0.308. The minimum absolute atomic E-state index is 0.0921. The SMILES string of the molecule is Cc1ccccc1-c1c(C#N)nnn1CC(O)CO. The number of hydrogen-bond acceptors (Lipinski definition) is 5. The molecule has 19 heavy (non-hydrogen) atoms. The second kappa shape index (κ2) is 5.61. The van der Waals surface area contributed by atoms with Gasteiger partial charge in [-0.3, -0.25) is 0 Å². The van der Waals surface area contributed by atoms with Gasteiger partial charge in [-0.1, -0.05) is 29.5 Å². The van der Waals surface area contributed by atoms with Crippen LogP contribution >= 0.6 is 0 Å². The Morgan fingerprint density at radius 2 is 2.16 bits per heavy atom. The van der Waals surface area contributed by atoms with Gasteiger partial charge in [-0.05, 0) is 12.5 Å². The van der Waals surface area contributed by atoms with Gasteiger partial charge in [0.25, 0.3) is 0 Å². The number of aromatic nitrogens is 3. The van der Waals surface area contributed by atoms with Gasteiger partial charge >= 0.3 is 0 Å². The summed E-state index contributed by atoms with van der Waals surface area (Å²) in [5, 5.41) is 35.2. The van der Waals surface area contributed by atoms with Crippen molar-refractivity contribution >= 4 is 0 Å². The maximum absolute atomic E-state index is 9.51. The number of nitriles is 1. The molecular weight excluding hydrogens is 244 g/mol. The van der Waals surface area contributed by atoms with Crippen LogP contribution < -0.4 is 0 Å². The maximum Gasteiger partial charge on any atom is 0.190 e. The van der Waals surface area contributed by atoms with Gasteiger partial charge in [-0.2, -0.15) is 5.26 Å². The molecule has 0 aliphatic heterocycles. The lowest BCUT2D eigenvalue weighted by Gasteiger charge is -2.11. The van der Waals surface area contributed by atoms with Gasteiger partial charge in [0.15, 0.2) is 5.69 Å². The Bertz CT molecular complexity index is 615. The molecule has 0 bridgehead atoms. The summed E-state index contributed by atoms with van der Waals surface area (Å²) in [5.41, 5.74) is 2.60. The van der Waals surface area contributed by atoms with Crippen LogP contribution in [0.2, 0.25) is 0 Å². The summed E-state index contributed by atoms with van der Waals surface area (Å²) in [4.78, 5) is 0. The summed E-state index contributed by atoms with van der Waals surface area (Å²) in [6.07, 6.45) is -0.934. The number of nitrogens with zero attached hydrogens (tertiary/aromatic N) is 4. The maximum atomic E-state index is 9.51. The summed E-state index contributed by atoms with van der Waals surface area (Å²) in [6, 6.07) is 9.56. The fourth-order valence-corrected chi connectivity index (χ4v) is 1.88. The highest BCUT2D eigenvalue weighted by Crippen LogP contribution is 2.25. The molecule has 2 N–H and O–H groups in total. The first-order chi connectivity index (χ1) is 9.17. The molecule has 0 saturated carbocycles. The van der Waals surface area contributed by atoms with Crippen LogP contribution in [0.1, 0.15) is 11.3 Å². The van der Waals surface area contributed by atoms with Gasteiger partial charge in [-0.25, -0.2) is 4.68 Å². The van der Waals surface area contributed by atoms with E-state index in [0.29, 0.717) is 5.69 Å². The van der Waals surface area contributed by atoms with Crippen molar-refractivity contribution in [2.24, 2.45) is 0 Å². The Morgan fingerprint density at radius 1 is 1.42 bits per heavy atom. The molecule has 1 atom stereocenters. The van der Waals surface area contributed by atoms with Gasteiger partial charge < -0.3 is 10.2 Å².